The number of hydrogen-bond donors (Lipinski definition) is 2. The zero-order valence-electron chi connectivity index (χ0n) is 16.5. The molecule has 1 amide bonds. The molecule has 1 fully saturated rings. The van der Waals surface area contributed by atoms with E-state index in [1.807, 2.05) is 0 Å². The molecule has 1 saturated carbocycles. The quantitative estimate of drug-likeness (QED) is 0.688. The van der Waals surface area contributed by atoms with Crippen LogP contribution in [0, 0.1) is 0 Å². The van der Waals surface area contributed by atoms with Crippen LogP contribution in [-0.2, 0) is 21.4 Å². The molecule has 29 heavy (non-hydrogen) atoms. The third-order valence-corrected chi connectivity index (χ3v) is 6.40. The number of nitrogens with zero attached hydrogens (tertiary/aromatic N) is 1. The number of aromatic nitrogens is 1. The minimum atomic E-state index is -3.64. The van der Waals surface area contributed by atoms with Gasteiger partial charge in [-0.2, -0.15) is 0 Å². The van der Waals surface area contributed by atoms with Gasteiger partial charge in [0.05, 0.1) is 4.90 Å². The van der Waals surface area contributed by atoms with Gasteiger partial charge in [0.1, 0.15) is 5.75 Å². The molecule has 3 rings (SSSR count). The summed E-state index contributed by atoms with van der Waals surface area (Å²) in [6, 6.07) is 9.78. The first kappa shape index (κ1) is 21.3. The van der Waals surface area contributed by atoms with Gasteiger partial charge in [-0.25, -0.2) is 13.1 Å². The van der Waals surface area contributed by atoms with Gasteiger partial charge in [0, 0.05) is 25.0 Å². The highest BCUT2D eigenvalue weighted by molar-refractivity contribution is 7.89. The number of hydrogen-bond acceptors (Lipinski definition) is 5. The lowest BCUT2D eigenvalue weighted by atomic mass is 9.95. The lowest BCUT2D eigenvalue weighted by Gasteiger charge is -2.24. The van der Waals surface area contributed by atoms with Crippen LogP contribution in [-0.4, -0.2) is 31.5 Å². The molecule has 1 aliphatic carbocycles. The summed E-state index contributed by atoms with van der Waals surface area (Å²) in [7, 11) is -3.64. The normalized spacial score (nSPS) is 16.2. The topological polar surface area (TPSA) is 97.4 Å². The Kier molecular flexibility index (Phi) is 7.22. The van der Waals surface area contributed by atoms with E-state index >= 15 is 0 Å². The number of ether oxygens (including phenoxy) is 1. The van der Waals surface area contributed by atoms with Crippen molar-refractivity contribution >= 4 is 15.9 Å². The fourth-order valence-corrected chi connectivity index (χ4v) is 4.30. The van der Waals surface area contributed by atoms with Gasteiger partial charge in [0.25, 0.3) is 5.91 Å². The van der Waals surface area contributed by atoms with Crippen molar-refractivity contribution in [2.24, 2.45) is 0 Å². The summed E-state index contributed by atoms with van der Waals surface area (Å²) in [4.78, 5) is 16.4. The monoisotopic (exact) mass is 417 g/mol. The second kappa shape index (κ2) is 9.84. The van der Waals surface area contributed by atoms with Crippen molar-refractivity contribution in [3.05, 3.63) is 54.4 Å². The molecule has 0 radical (unpaired) electrons. The Hall–Kier alpha value is -2.45. The first-order chi connectivity index (χ1) is 13.9. The average Bonchev–Trinajstić information content (AvgIpc) is 2.74. The molecule has 1 aromatic carbocycles. The first-order valence-corrected chi connectivity index (χ1v) is 11.4. The van der Waals surface area contributed by atoms with Crippen LogP contribution >= 0.6 is 0 Å². The maximum atomic E-state index is 12.4. The Morgan fingerprint density at radius 2 is 1.76 bits per heavy atom. The largest absolute Gasteiger partial charge is 0.481 e. The molecule has 1 heterocycles. The molecule has 156 valence electrons. The summed E-state index contributed by atoms with van der Waals surface area (Å²) in [6.07, 6.45) is 8.11. The van der Waals surface area contributed by atoms with E-state index in [2.05, 4.69) is 15.0 Å². The van der Waals surface area contributed by atoms with E-state index in [0.29, 0.717) is 5.75 Å². The Morgan fingerprint density at radius 1 is 1.10 bits per heavy atom. The number of carbonyl (C=O) groups is 1. The SMILES string of the molecule is C[C@H](Oc1ccc(S(=O)(=O)NCc2ccncc2)cc1)C(=O)NC1CCCCC1. The number of carbonyl (C=O) groups excluding carboxylic acids is 1. The number of rotatable bonds is 8. The van der Waals surface area contributed by atoms with Gasteiger partial charge in [0.15, 0.2) is 6.10 Å². The average molecular weight is 418 g/mol. The predicted molar refractivity (Wildman–Crippen MR) is 110 cm³/mol. The highest BCUT2D eigenvalue weighted by Gasteiger charge is 2.21. The molecule has 2 aromatic rings. The zero-order valence-corrected chi connectivity index (χ0v) is 17.3. The Bertz CT molecular complexity index is 895. The van der Waals surface area contributed by atoms with Crippen LogP contribution in [0.25, 0.3) is 0 Å². The smallest absolute Gasteiger partial charge is 0.260 e. The van der Waals surface area contributed by atoms with Crippen LogP contribution in [0.2, 0.25) is 0 Å². The Labute approximate surface area is 171 Å². The molecule has 1 atom stereocenters. The van der Waals surface area contributed by atoms with Gasteiger partial charge in [-0.1, -0.05) is 19.3 Å². The van der Waals surface area contributed by atoms with Crippen LogP contribution in [0.3, 0.4) is 0 Å². The summed E-state index contributed by atoms with van der Waals surface area (Å²) >= 11 is 0. The van der Waals surface area contributed by atoms with Crippen molar-refractivity contribution in [2.45, 2.75) is 62.6 Å². The molecule has 0 saturated heterocycles. The van der Waals surface area contributed by atoms with Gasteiger partial charge < -0.3 is 10.1 Å². The van der Waals surface area contributed by atoms with Gasteiger partial charge in [-0.15, -0.1) is 0 Å². The second-order valence-corrected chi connectivity index (χ2v) is 9.02. The maximum absolute atomic E-state index is 12.4. The standard InChI is InChI=1S/C21H27N3O4S/c1-16(21(25)24-18-5-3-2-4-6-18)28-19-7-9-20(10-8-19)29(26,27)23-15-17-11-13-22-14-12-17/h7-14,16,18,23H,2-6,15H2,1H3,(H,24,25)/t16-/m0/s1. The summed E-state index contributed by atoms with van der Waals surface area (Å²) < 4.78 is 33.1. The molecule has 0 aliphatic heterocycles. The van der Waals surface area contributed by atoms with E-state index in [1.54, 1.807) is 43.6 Å². The van der Waals surface area contributed by atoms with Crippen molar-refractivity contribution in [2.75, 3.05) is 0 Å². The Balaban J connectivity index is 1.54. The van der Waals surface area contributed by atoms with Gasteiger partial charge in [-0.05, 0) is 61.7 Å². The molecule has 0 unspecified atom stereocenters. The molecule has 1 aromatic heterocycles. The minimum Gasteiger partial charge on any atom is -0.481 e. The van der Waals surface area contributed by atoms with Crippen molar-refractivity contribution < 1.29 is 17.9 Å². The van der Waals surface area contributed by atoms with Crippen LogP contribution in [0.5, 0.6) is 5.75 Å². The van der Waals surface area contributed by atoms with Crippen LogP contribution < -0.4 is 14.8 Å². The highest BCUT2D eigenvalue weighted by Crippen LogP contribution is 2.19. The van der Waals surface area contributed by atoms with Crippen LogP contribution in [0.1, 0.15) is 44.6 Å². The first-order valence-electron chi connectivity index (χ1n) is 9.90. The third-order valence-electron chi connectivity index (χ3n) is 4.98. The van der Waals surface area contributed by atoms with Crippen molar-refractivity contribution in [1.29, 1.82) is 0 Å². The van der Waals surface area contributed by atoms with Crippen molar-refractivity contribution in [3.8, 4) is 5.75 Å². The van der Waals surface area contributed by atoms with Crippen LogP contribution in [0.15, 0.2) is 53.7 Å². The van der Waals surface area contributed by atoms with E-state index in [0.717, 1.165) is 31.2 Å². The number of nitrogens with one attached hydrogen (secondary N) is 2. The van der Waals surface area contributed by atoms with E-state index in [9.17, 15) is 13.2 Å². The molecule has 0 spiro atoms. The molecule has 0 bridgehead atoms. The van der Waals surface area contributed by atoms with Gasteiger partial charge in [0.2, 0.25) is 10.0 Å². The lowest BCUT2D eigenvalue weighted by Crippen LogP contribution is -2.43. The zero-order chi connectivity index (χ0) is 20.7. The molecule has 8 heteroatoms. The van der Waals surface area contributed by atoms with Crippen molar-refractivity contribution in [1.82, 2.24) is 15.0 Å². The molecule has 1 aliphatic rings. The molecular formula is C21H27N3O4S. The van der Waals surface area contributed by atoms with Crippen LogP contribution in [0.4, 0.5) is 0 Å². The fraction of sp³-hybridized carbons (Fsp3) is 0.429. The van der Waals surface area contributed by atoms with E-state index in [1.165, 1.54) is 18.6 Å². The summed E-state index contributed by atoms with van der Waals surface area (Å²) in [5.41, 5.74) is 0.821. The second-order valence-electron chi connectivity index (χ2n) is 7.26. The summed E-state index contributed by atoms with van der Waals surface area (Å²) in [5.74, 6) is 0.303. The molecule has 2 N–H and O–H groups in total. The summed E-state index contributed by atoms with van der Waals surface area (Å²) in [6.45, 7) is 1.88. The fourth-order valence-electron chi connectivity index (χ4n) is 3.28. The lowest BCUT2D eigenvalue weighted by molar-refractivity contribution is -0.128. The number of amides is 1. The minimum absolute atomic E-state index is 0.137. The third kappa shape index (κ3) is 6.27. The number of benzene rings is 1. The van der Waals surface area contributed by atoms with Crippen molar-refractivity contribution in [3.63, 3.8) is 0 Å². The molecular weight excluding hydrogens is 390 g/mol. The molecule has 7 nitrogen and oxygen atoms in total. The van der Waals surface area contributed by atoms with E-state index < -0.39 is 16.1 Å². The van der Waals surface area contributed by atoms with E-state index in [-0.39, 0.29) is 23.4 Å². The number of sulfonamides is 1. The highest BCUT2D eigenvalue weighted by atomic mass is 32.2. The van der Waals surface area contributed by atoms with Gasteiger partial charge >= 0.3 is 0 Å². The predicted octanol–water partition coefficient (Wildman–Crippen LogP) is 2.78. The van der Waals surface area contributed by atoms with Gasteiger partial charge in [-0.3, -0.25) is 9.78 Å². The van der Waals surface area contributed by atoms with E-state index in [4.69, 9.17) is 4.74 Å². The number of pyridine rings is 1. The maximum Gasteiger partial charge on any atom is 0.260 e. The Morgan fingerprint density at radius 3 is 2.41 bits per heavy atom. The summed E-state index contributed by atoms with van der Waals surface area (Å²) in [5, 5.41) is 3.03.